The number of carbonyl (C=O) groups excluding carboxylic acids is 1. The Bertz CT molecular complexity index is 1010. The molecule has 0 spiro atoms. The molecular formula is C19H19FN2O3S. The number of aryl methyl sites for hydroxylation is 3. The average molecular weight is 374 g/mol. The minimum absolute atomic E-state index is 0.166. The fraction of sp³-hybridized carbons (Fsp3) is 0.316. The highest BCUT2D eigenvalue weighted by molar-refractivity contribution is 7.18. The highest BCUT2D eigenvalue weighted by atomic mass is 32.1. The Labute approximate surface area is 153 Å². The molecular weight excluding hydrogens is 355 g/mol. The molecule has 0 unspecified atom stereocenters. The highest BCUT2D eigenvalue weighted by Crippen LogP contribution is 2.27. The summed E-state index contributed by atoms with van der Waals surface area (Å²) in [6.45, 7) is 5.51. The van der Waals surface area contributed by atoms with Crippen LogP contribution >= 0.6 is 11.3 Å². The topological polar surface area (TPSA) is 72.0 Å². The van der Waals surface area contributed by atoms with Crippen LogP contribution in [0, 0.1) is 19.7 Å². The molecule has 1 aromatic carbocycles. The lowest BCUT2D eigenvalue weighted by atomic mass is 10.1. The van der Waals surface area contributed by atoms with Crippen molar-refractivity contribution in [1.29, 1.82) is 0 Å². The van der Waals surface area contributed by atoms with E-state index in [1.165, 1.54) is 23.5 Å². The summed E-state index contributed by atoms with van der Waals surface area (Å²) in [6.07, 6.45) is -0.0341. The second-order valence-electron chi connectivity index (χ2n) is 6.17. The van der Waals surface area contributed by atoms with Crippen molar-refractivity contribution in [2.45, 2.75) is 39.7 Å². The van der Waals surface area contributed by atoms with Crippen LogP contribution in [0.5, 0.6) is 0 Å². The minimum atomic E-state index is -0.657. The molecule has 0 saturated heterocycles. The van der Waals surface area contributed by atoms with Gasteiger partial charge < -0.3 is 9.72 Å². The molecule has 3 rings (SSSR count). The summed E-state index contributed by atoms with van der Waals surface area (Å²) in [6, 6.07) is 6.00. The lowest BCUT2D eigenvalue weighted by Gasteiger charge is -2.12. The summed E-state index contributed by atoms with van der Waals surface area (Å²) in [5, 5.41) is 0.589. The van der Waals surface area contributed by atoms with Crippen LogP contribution in [0.1, 0.15) is 41.3 Å². The number of nitrogens with one attached hydrogen (secondary N) is 1. The number of fused-ring (bicyclic) bond motifs is 1. The molecule has 26 heavy (non-hydrogen) atoms. The molecule has 5 nitrogen and oxygen atoms in total. The van der Waals surface area contributed by atoms with Gasteiger partial charge in [-0.3, -0.25) is 9.59 Å². The van der Waals surface area contributed by atoms with E-state index in [4.69, 9.17) is 4.74 Å². The summed E-state index contributed by atoms with van der Waals surface area (Å²) in [4.78, 5) is 33.2. The zero-order chi connectivity index (χ0) is 18.8. The number of rotatable bonds is 5. The number of carbonyl (C=O) groups is 1. The molecule has 2 heterocycles. The van der Waals surface area contributed by atoms with Crippen molar-refractivity contribution >= 4 is 27.5 Å². The van der Waals surface area contributed by atoms with E-state index in [2.05, 4.69) is 9.97 Å². The molecule has 136 valence electrons. The number of hydrogen-bond acceptors (Lipinski definition) is 5. The zero-order valence-corrected chi connectivity index (χ0v) is 15.6. The standard InChI is InChI=1S/C19H19FN2O3S/c1-10-12(3)26-19-16(10)18(24)21-17(22-19)11(2)25-15(23)9-6-13-4-7-14(20)8-5-13/h4-5,7-8,11H,6,9H2,1-3H3,(H,21,22,24)/t11-/m1/s1. The first-order valence-corrected chi connectivity index (χ1v) is 9.10. The third kappa shape index (κ3) is 3.83. The van der Waals surface area contributed by atoms with E-state index in [0.29, 0.717) is 22.5 Å². The minimum Gasteiger partial charge on any atom is -0.454 e. The highest BCUT2D eigenvalue weighted by Gasteiger charge is 2.18. The summed E-state index contributed by atoms with van der Waals surface area (Å²) >= 11 is 1.45. The molecule has 1 atom stereocenters. The number of benzene rings is 1. The van der Waals surface area contributed by atoms with Crippen molar-refractivity contribution in [2.75, 3.05) is 0 Å². The smallest absolute Gasteiger partial charge is 0.306 e. The number of thiophene rings is 1. The maximum absolute atomic E-state index is 12.9. The van der Waals surface area contributed by atoms with E-state index in [1.54, 1.807) is 19.1 Å². The van der Waals surface area contributed by atoms with Gasteiger partial charge in [0.1, 0.15) is 10.6 Å². The third-order valence-corrected chi connectivity index (χ3v) is 5.38. The van der Waals surface area contributed by atoms with E-state index in [-0.39, 0.29) is 17.8 Å². The molecule has 0 fully saturated rings. The summed E-state index contributed by atoms with van der Waals surface area (Å²) in [7, 11) is 0. The van der Waals surface area contributed by atoms with Gasteiger partial charge >= 0.3 is 5.97 Å². The second kappa shape index (κ2) is 7.37. The van der Waals surface area contributed by atoms with E-state index < -0.39 is 12.1 Å². The van der Waals surface area contributed by atoms with Crippen LogP contribution in [0.15, 0.2) is 29.1 Å². The van der Waals surface area contributed by atoms with Crippen LogP contribution in [0.4, 0.5) is 4.39 Å². The van der Waals surface area contributed by atoms with Crippen molar-refractivity contribution in [3.63, 3.8) is 0 Å². The number of esters is 1. The number of halogens is 1. The number of aromatic amines is 1. The van der Waals surface area contributed by atoms with Crippen molar-refractivity contribution < 1.29 is 13.9 Å². The molecule has 0 aliphatic rings. The Kier molecular flexibility index (Phi) is 5.18. The van der Waals surface area contributed by atoms with Crippen LogP contribution in [-0.2, 0) is 16.0 Å². The van der Waals surface area contributed by atoms with E-state index >= 15 is 0 Å². The van der Waals surface area contributed by atoms with Gasteiger partial charge in [-0.2, -0.15) is 0 Å². The fourth-order valence-electron chi connectivity index (χ4n) is 2.67. The summed E-state index contributed by atoms with van der Waals surface area (Å²) in [5.74, 6) is -0.378. The van der Waals surface area contributed by atoms with Gasteiger partial charge in [0.05, 0.1) is 5.39 Å². The largest absolute Gasteiger partial charge is 0.454 e. The van der Waals surface area contributed by atoms with Crippen molar-refractivity contribution in [3.8, 4) is 0 Å². The monoisotopic (exact) mass is 374 g/mol. The molecule has 0 aliphatic carbocycles. The molecule has 0 saturated carbocycles. The fourth-order valence-corrected chi connectivity index (χ4v) is 3.71. The van der Waals surface area contributed by atoms with Crippen molar-refractivity contribution in [2.24, 2.45) is 0 Å². The average Bonchev–Trinajstić information content (AvgIpc) is 2.89. The van der Waals surface area contributed by atoms with Crippen LogP contribution in [0.25, 0.3) is 10.2 Å². The molecule has 0 radical (unpaired) electrons. The Morgan fingerprint density at radius 2 is 2.00 bits per heavy atom. The number of nitrogens with zero attached hydrogens (tertiary/aromatic N) is 1. The zero-order valence-electron chi connectivity index (χ0n) is 14.8. The van der Waals surface area contributed by atoms with Gasteiger partial charge in [-0.15, -0.1) is 11.3 Å². The van der Waals surface area contributed by atoms with Gasteiger partial charge in [0.2, 0.25) is 0 Å². The summed E-state index contributed by atoms with van der Waals surface area (Å²) in [5.41, 5.74) is 1.56. The van der Waals surface area contributed by atoms with Gasteiger partial charge in [0.25, 0.3) is 5.56 Å². The third-order valence-electron chi connectivity index (χ3n) is 4.28. The Balaban J connectivity index is 1.68. The molecule has 7 heteroatoms. The number of aromatic nitrogens is 2. The van der Waals surface area contributed by atoms with E-state index in [1.807, 2.05) is 13.8 Å². The van der Waals surface area contributed by atoms with Gasteiger partial charge in [-0.05, 0) is 50.5 Å². The quantitative estimate of drug-likeness (QED) is 0.686. The number of hydrogen-bond donors (Lipinski definition) is 1. The van der Waals surface area contributed by atoms with Crippen LogP contribution in [0.2, 0.25) is 0 Å². The molecule has 0 amide bonds. The molecule has 2 aromatic heterocycles. The Hall–Kier alpha value is -2.54. The number of H-pyrrole nitrogens is 1. The Morgan fingerprint density at radius 1 is 1.31 bits per heavy atom. The molecule has 1 N–H and O–H groups in total. The van der Waals surface area contributed by atoms with Gasteiger partial charge in [0, 0.05) is 11.3 Å². The first-order valence-electron chi connectivity index (χ1n) is 8.29. The predicted octanol–water partition coefficient (Wildman–Crippen LogP) is 3.98. The molecule has 0 bridgehead atoms. The lowest BCUT2D eigenvalue weighted by molar-refractivity contribution is -0.148. The SMILES string of the molecule is Cc1sc2nc([C@@H](C)OC(=O)CCc3ccc(F)cc3)[nH]c(=O)c2c1C. The first kappa shape index (κ1) is 18.3. The Morgan fingerprint density at radius 3 is 2.69 bits per heavy atom. The van der Waals surface area contributed by atoms with Crippen molar-refractivity contribution in [1.82, 2.24) is 9.97 Å². The van der Waals surface area contributed by atoms with E-state index in [9.17, 15) is 14.0 Å². The maximum Gasteiger partial charge on any atom is 0.306 e. The predicted molar refractivity (Wildman–Crippen MR) is 98.9 cm³/mol. The van der Waals surface area contributed by atoms with Crippen LogP contribution in [0.3, 0.4) is 0 Å². The first-order chi connectivity index (χ1) is 12.3. The molecule has 3 aromatic rings. The normalized spacial score (nSPS) is 12.3. The number of ether oxygens (including phenoxy) is 1. The summed E-state index contributed by atoms with van der Waals surface area (Å²) < 4.78 is 18.3. The van der Waals surface area contributed by atoms with Crippen molar-refractivity contribution in [3.05, 3.63) is 62.3 Å². The van der Waals surface area contributed by atoms with Gasteiger partial charge in [0.15, 0.2) is 11.9 Å². The van der Waals surface area contributed by atoms with Gasteiger partial charge in [-0.25, -0.2) is 9.37 Å². The van der Waals surface area contributed by atoms with E-state index in [0.717, 1.165) is 16.0 Å². The maximum atomic E-state index is 12.9. The van der Waals surface area contributed by atoms with Crippen LogP contribution < -0.4 is 5.56 Å². The second-order valence-corrected chi connectivity index (χ2v) is 7.38. The van der Waals surface area contributed by atoms with Crippen LogP contribution in [-0.4, -0.2) is 15.9 Å². The lowest BCUT2D eigenvalue weighted by Crippen LogP contribution is -2.17. The van der Waals surface area contributed by atoms with Gasteiger partial charge in [-0.1, -0.05) is 12.1 Å². The molecule has 0 aliphatic heterocycles.